The highest BCUT2D eigenvalue weighted by molar-refractivity contribution is 7.89. The van der Waals surface area contributed by atoms with Crippen LogP contribution in [0.15, 0.2) is 41.9 Å². The number of fused-ring (bicyclic) bond motifs is 1. The molecular formula is C16H21N5O6S. The Morgan fingerprint density at radius 1 is 1.11 bits per heavy atom. The molecule has 3 aromatic rings. The summed E-state index contributed by atoms with van der Waals surface area (Å²) >= 11 is 0. The standard InChI is InChI=1S/C8H9N3O2.C8H12N2O4S/c1-13-7-3-9-8-6(5-12)2-10-11(8)4-7;1-14-7-4-8(6-9-5-7)15(12,13)10-2-3-11/h2-4,12H,5H2,1H3;4-6,10-11H,2-3H2,1H3. The summed E-state index contributed by atoms with van der Waals surface area (Å²) in [6, 6.07) is 1.35. The largest absolute Gasteiger partial charge is 0.495 e. The molecular weight excluding hydrogens is 390 g/mol. The summed E-state index contributed by atoms with van der Waals surface area (Å²) < 4.78 is 36.7. The molecule has 0 aromatic carbocycles. The van der Waals surface area contributed by atoms with Gasteiger partial charge < -0.3 is 19.7 Å². The van der Waals surface area contributed by atoms with Gasteiger partial charge in [-0.2, -0.15) is 5.10 Å². The number of ether oxygens (including phenoxy) is 2. The molecule has 0 unspecified atom stereocenters. The molecule has 0 aliphatic heterocycles. The molecule has 0 radical (unpaired) electrons. The lowest BCUT2D eigenvalue weighted by atomic mass is 10.4. The first kappa shape index (κ1) is 21.5. The minimum atomic E-state index is -3.61. The first-order valence-electron chi connectivity index (χ1n) is 8.01. The van der Waals surface area contributed by atoms with Gasteiger partial charge in [-0.15, -0.1) is 0 Å². The number of nitrogens with zero attached hydrogens (tertiary/aromatic N) is 4. The van der Waals surface area contributed by atoms with E-state index in [1.807, 2.05) is 0 Å². The second kappa shape index (κ2) is 9.94. The van der Waals surface area contributed by atoms with Crippen molar-refractivity contribution in [3.8, 4) is 11.5 Å². The van der Waals surface area contributed by atoms with Crippen LogP contribution in [0.25, 0.3) is 5.65 Å². The number of hydrogen-bond donors (Lipinski definition) is 3. The molecule has 0 aliphatic carbocycles. The predicted octanol–water partition coefficient (Wildman–Crippen LogP) is -0.409. The van der Waals surface area contributed by atoms with Crippen molar-refractivity contribution in [1.29, 1.82) is 0 Å². The highest BCUT2D eigenvalue weighted by atomic mass is 32.2. The number of aliphatic hydroxyl groups excluding tert-OH is 2. The van der Waals surface area contributed by atoms with E-state index in [2.05, 4.69) is 19.8 Å². The number of aliphatic hydroxyl groups is 2. The van der Waals surface area contributed by atoms with Crippen LogP contribution in [0.2, 0.25) is 0 Å². The Labute approximate surface area is 161 Å². The summed E-state index contributed by atoms with van der Waals surface area (Å²) in [6.45, 7) is -0.334. The number of sulfonamides is 1. The van der Waals surface area contributed by atoms with Crippen LogP contribution in [0.5, 0.6) is 11.5 Å². The molecule has 3 aromatic heterocycles. The van der Waals surface area contributed by atoms with Crippen molar-refractivity contribution in [2.24, 2.45) is 0 Å². The molecule has 0 saturated heterocycles. The Kier molecular flexibility index (Phi) is 7.63. The summed E-state index contributed by atoms with van der Waals surface area (Å²) in [6.07, 6.45) is 7.51. The highest BCUT2D eigenvalue weighted by Gasteiger charge is 2.14. The van der Waals surface area contributed by atoms with Gasteiger partial charge in [0.15, 0.2) is 11.4 Å². The lowest BCUT2D eigenvalue weighted by Crippen LogP contribution is -2.26. The molecule has 0 spiro atoms. The SMILES string of the molecule is COc1cnc2c(CO)cnn2c1.COc1cncc(S(=O)(=O)NCCO)c1. The molecule has 0 aliphatic rings. The number of rotatable bonds is 7. The second-order valence-corrected chi connectivity index (χ2v) is 7.04. The topological polar surface area (TPSA) is 148 Å². The monoisotopic (exact) mass is 411 g/mol. The quantitative estimate of drug-likeness (QED) is 0.472. The van der Waals surface area contributed by atoms with Gasteiger partial charge in [-0.3, -0.25) is 4.98 Å². The molecule has 0 fully saturated rings. The van der Waals surface area contributed by atoms with E-state index >= 15 is 0 Å². The van der Waals surface area contributed by atoms with Crippen molar-refractivity contribution < 1.29 is 28.1 Å². The molecule has 0 amide bonds. The summed E-state index contributed by atoms with van der Waals surface area (Å²) in [5, 5.41) is 21.4. The highest BCUT2D eigenvalue weighted by Crippen LogP contribution is 2.14. The van der Waals surface area contributed by atoms with Gasteiger partial charge in [-0.1, -0.05) is 0 Å². The van der Waals surface area contributed by atoms with Crippen LogP contribution in [-0.2, 0) is 16.6 Å². The van der Waals surface area contributed by atoms with E-state index in [-0.39, 0.29) is 24.7 Å². The van der Waals surface area contributed by atoms with Crippen LogP contribution in [-0.4, -0.2) is 65.6 Å². The third kappa shape index (κ3) is 5.36. The van der Waals surface area contributed by atoms with Gasteiger partial charge in [-0.25, -0.2) is 22.6 Å². The lowest BCUT2D eigenvalue weighted by molar-refractivity contribution is 0.283. The van der Waals surface area contributed by atoms with Gasteiger partial charge in [0.25, 0.3) is 0 Å². The minimum Gasteiger partial charge on any atom is -0.495 e. The molecule has 3 heterocycles. The van der Waals surface area contributed by atoms with Crippen LogP contribution < -0.4 is 14.2 Å². The maximum Gasteiger partial charge on any atom is 0.242 e. The summed E-state index contributed by atoms with van der Waals surface area (Å²) in [4.78, 5) is 7.83. The molecule has 28 heavy (non-hydrogen) atoms. The molecule has 11 nitrogen and oxygen atoms in total. The van der Waals surface area contributed by atoms with Gasteiger partial charge in [-0.05, 0) is 0 Å². The first-order chi connectivity index (χ1) is 13.4. The zero-order valence-electron chi connectivity index (χ0n) is 15.3. The fraction of sp³-hybridized carbons (Fsp3) is 0.312. The van der Waals surface area contributed by atoms with Crippen LogP contribution in [0.3, 0.4) is 0 Å². The molecule has 3 N–H and O–H groups in total. The molecule has 0 atom stereocenters. The average molecular weight is 411 g/mol. The minimum absolute atomic E-state index is 0.00954. The number of aromatic nitrogens is 4. The molecule has 152 valence electrons. The Bertz CT molecular complexity index is 1010. The number of pyridine rings is 1. The maximum absolute atomic E-state index is 11.5. The summed E-state index contributed by atoms with van der Waals surface area (Å²) in [5.41, 5.74) is 1.37. The van der Waals surface area contributed by atoms with Crippen molar-refractivity contribution in [2.45, 2.75) is 11.5 Å². The Hall–Kier alpha value is -2.80. The summed E-state index contributed by atoms with van der Waals surface area (Å²) in [5.74, 6) is 1.00. The molecule has 3 rings (SSSR count). The van der Waals surface area contributed by atoms with Gasteiger partial charge >= 0.3 is 0 Å². The van der Waals surface area contributed by atoms with Crippen molar-refractivity contribution in [2.75, 3.05) is 27.4 Å². The third-order valence-electron chi connectivity index (χ3n) is 3.45. The fourth-order valence-electron chi connectivity index (χ4n) is 2.04. The van der Waals surface area contributed by atoms with E-state index in [1.54, 1.807) is 30.2 Å². The normalized spacial score (nSPS) is 11.0. The van der Waals surface area contributed by atoms with Crippen molar-refractivity contribution in [3.05, 3.63) is 42.6 Å². The van der Waals surface area contributed by atoms with Gasteiger partial charge in [0, 0.05) is 24.4 Å². The first-order valence-corrected chi connectivity index (χ1v) is 9.50. The van der Waals surface area contributed by atoms with E-state index in [4.69, 9.17) is 19.7 Å². The lowest BCUT2D eigenvalue weighted by Gasteiger charge is -2.05. The van der Waals surface area contributed by atoms with Crippen molar-refractivity contribution in [1.82, 2.24) is 24.3 Å². The second-order valence-electron chi connectivity index (χ2n) is 5.27. The van der Waals surface area contributed by atoms with Gasteiger partial charge in [0.1, 0.15) is 10.6 Å². The predicted molar refractivity (Wildman–Crippen MR) is 98.5 cm³/mol. The van der Waals surface area contributed by atoms with Crippen molar-refractivity contribution in [3.63, 3.8) is 0 Å². The maximum atomic E-state index is 11.5. The van der Waals surface area contributed by atoms with Crippen molar-refractivity contribution >= 4 is 15.7 Å². The Morgan fingerprint density at radius 3 is 2.50 bits per heavy atom. The molecule has 12 heteroatoms. The van der Waals surface area contributed by atoms with Gasteiger partial charge in [0.2, 0.25) is 10.0 Å². The number of methoxy groups -OCH3 is 2. The van der Waals surface area contributed by atoms with E-state index in [0.29, 0.717) is 22.7 Å². The van der Waals surface area contributed by atoms with Crippen LogP contribution >= 0.6 is 0 Å². The smallest absolute Gasteiger partial charge is 0.242 e. The average Bonchev–Trinajstić information content (AvgIpc) is 3.15. The van der Waals surface area contributed by atoms with E-state index in [9.17, 15) is 8.42 Å². The summed E-state index contributed by atoms with van der Waals surface area (Å²) in [7, 11) is -0.614. The zero-order valence-corrected chi connectivity index (χ0v) is 16.1. The number of nitrogens with one attached hydrogen (secondary N) is 1. The fourth-order valence-corrected chi connectivity index (χ4v) is 3.04. The third-order valence-corrected chi connectivity index (χ3v) is 4.88. The molecule has 0 saturated carbocycles. The zero-order chi connectivity index (χ0) is 20.6. The van der Waals surface area contributed by atoms with E-state index in [0.717, 1.165) is 0 Å². The van der Waals surface area contributed by atoms with E-state index in [1.165, 1.54) is 25.6 Å². The molecule has 0 bridgehead atoms. The van der Waals surface area contributed by atoms with E-state index < -0.39 is 10.0 Å². The Balaban J connectivity index is 0.000000202. The number of hydrogen-bond acceptors (Lipinski definition) is 9. The van der Waals surface area contributed by atoms with Gasteiger partial charge in [0.05, 0.1) is 52.2 Å². The Morgan fingerprint density at radius 2 is 1.86 bits per heavy atom. The van der Waals surface area contributed by atoms with Crippen LogP contribution in [0, 0.1) is 0 Å². The van der Waals surface area contributed by atoms with Crippen LogP contribution in [0.4, 0.5) is 0 Å². The van der Waals surface area contributed by atoms with Crippen LogP contribution in [0.1, 0.15) is 5.56 Å².